The summed E-state index contributed by atoms with van der Waals surface area (Å²) in [5.74, 6) is 1.19. The molecule has 0 radical (unpaired) electrons. The molecule has 0 aliphatic heterocycles. The predicted molar refractivity (Wildman–Crippen MR) is 73.9 cm³/mol. The molecule has 0 bridgehead atoms. The minimum Gasteiger partial charge on any atom is -0.388 e. The first-order valence-corrected chi connectivity index (χ1v) is 6.54. The van der Waals surface area contributed by atoms with Gasteiger partial charge in [0, 0.05) is 6.54 Å². The van der Waals surface area contributed by atoms with Crippen molar-refractivity contribution in [2.45, 2.75) is 47.1 Å². The molecule has 0 amide bonds. The van der Waals surface area contributed by atoms with Gasteiger partial charge in [-0.3, -0.25) is 0 Å². The Morgan fingerprint density at radius 2 is 1.94 bits per heavy atom. The van der Waals surface area contributed by atoms with Crippen LogP contribution in [0.15, 0.2) is 0 Å². The van der Waals surface area contributed by atoms with E-state index in [1.54, 1.807) is 0 Å². The highest BCUT2D eigenvalue weighted by atomic mass is 32.1. The molecule has 1 aromatic heterocycles. The number of nitrogens with two attached hydrogens (primary N) is 1. The van der Waals surface area contributed by atoms with Gasteiger partial charge in [-0.15, -0.1) is 5.10 Å². The van der Waals surface area contributed by atoms with Gasteiger partial charge in [-0.25, -0.2) is 4.68 Å². The summed E-state index contributed by atoms with van der Waals surface area (Å²) in [6.07, 6.45) is 2.03. The van der Waals surface area contributed by atoms with Crippen molar-refractivity contribution in [1.29, 1.82) is 0 Å². The summed E-state index contributed by atoms with van der Waals surface area (Å²) in [4.78, 5) is 0.346. The third-order valence-electron chi connectivity index (χ3n) is 2.57. The fraction of sp³-hybridized carbons (Fsp3) is 0.750. The Hall–Kier alpha value is -0.970. The smallest absolute Gasteiger partial charge is 0.143 e. The highest BCUT2D eigenvalue weighted by molar-refractivity contribution is 7.80. The Bertz CT molecular complexity index is 382. The summed E-state index contributed by atoms with van der Waals surface area (Å²) in [6.45, 7) is 9.60. The Balaban J connectivity index is 2.93. The first-order chi connectivity index (χ1) is 7.91. The van der Waals surface area contributed by atoms with E-state index in [9.17, 15) is 0 Å². The van der Waals surface area contributed by atoms with E-state index in [-0.39, 0.29) is 0 Å². The van der Waals surface area contributed by atoms with E-state index in [1.807, 2.05) is 4.68 Å². The topological polar surface area (TPSA) is 56.7 Å². The summed E-state index contributed by atoms with van der Waals surface area (Å²) in [5.41, 5.74) is 7.46. The van der Waals surface area contributed by atoms with E-state index >= 15 is 0 Å². The largest absolute Gasteiger partial charge is 0.388 e. The van der Waals surface area contributed by atoms with Crippen LogP contribution in [0.5, 0.6) is 0 Å². The van der Waals surface area contributed by atoms with Crippen LogP contribution in [0.3, 0.4) is 0 Å². The number of hydrogen-bond acceptors (Lipinski definition) is 3. The fourth-order valence-electron chi connectivity index (χ4n) is 1.69. The molecule has 1 aromatic rings. The lowest BCUT2D eigenvalue weighted by atomic mass is 10.0. The van der Waals surface area contributed by atoms with Crippen LogP contribution < -0.4 is 5.73 Å². The van der Waals surface area contributed by atoms with Crippen molar-refractivity contribution in [2.75, 3.05) is 0 Å². The minimum atomic E-state index is 0.346. The number of nitrogens with zero attached hydrogens (tertiary/aromatic N) is 3. The van der Waals surface area contributed by atoms with Gasteiger partial charge in [0.25, 0.3) is 0 Å². The standard InChI is InChI=1S/C12H22N4S/c1-8(2)5-6-10-11(12(13)17)14-15-16(10)7-9(3)4/h8-9H,5-7H2,1-4H3,(H2,13,17). The number of hydrogen-bond donors (Lipinski definition) is 1. The zero-order valence-corrected chi connectivity index (χ0v) is 11.9. The molecular weight excluding hydrogens is 232 g/mol. The average molecular weight is 254 g/mol. The number of rotatable bonds is 6. The van der Waals surface area contributed by atoms with Crippen molar-refractivity contribution >= 4 is 17.2 Å². The molecule has 1 rings (SSSR count). The molecule has 0 unspecified atom stereocenters. The average Bonchev–Trinajstić information content (AvgIpc) is 2.57. The maximum Gasteiger partial charge on any atom is 0.143 e. The molecule has 0 spiro atoms. The van der Waals surface area contributed by atoms with Crippen LogP contribution in [0, 0.1) is 11.8 Å². The van der Waals surface area contributed by atoms with Crippen molar-refractivity contribution < 1.29 is 0 Å². The second-order valence-electron chi connectivity index (χ2n) is 5.26. The maximum absolute atomic E-state index is 5.68. The zero-order chi connectivity index (χ0) is 13.0. The van der Waals surface area contributed by atoms with Crippen LogP contribution in [-0.2, 0) is 13.0 Å². The molecule has 17 heavy (non-hydrogen) atoms. The molecule has 96 valence electrons. The quantitative estimate of drug-likeness (QED) is 0.790. The molecule has 0 saturated carbocycles. The van der Waals surface area contributed by atoms with E-state index in [4.69, 9.17) is 18.0 Å². The number of aromatic nitrogens is 3. The third-order valence-corrected chi connectivity index (χ3v) is 2.76. The van der Waals surface area contributed by atoms with Crippen LogP contribution in [0.25, 0.3) is 0 Å². The number of thiocarbonyl (C=S) groups is 1. The summed E-state index contributed by atoms with van der Waals surface area (Å²) in [6, 6.07) is 0. The van der Waals surface area contributed by atoms with E-state index in [0.29, 0.717) is 22.5 Å². The third kappa shape index (κ3) is 4.07. The highest BCUT2D eigenvalue weighted by Crippen LogP contribution is 2.13. The van der Waals surface area contributed by atoms with E-state index in [0.717, 1.165) is 25.1 Å². The van der Waals surface area contributed by atoms with Gasteiger partial charge in [0.1, 0.15) is 10.7 Å². The molecule has 0 atom stereocenters. The molecular formula is C12H22N4S. The van der Waals surface area contributed by atoms with Gasteiger partial charge < -0.3 is 5.73 Å². The first-order valence-electron chi connectivity index (χ1n) is 6.14. The Kier molecular flexibility index (Phi) is 5.05. The van der Waals surface area contributed by atoms with Crippen molar-refractivity contribution in [3.05, 3.63) is 11.4 Å². The van der Waals surface area contributed by atoms with Gasteiger partial charge in [-0.05, 0) is 24.7 Å². The Morgan fingerprint density at radius 1 is 1.29 bits per heavy atom. The van der Waals surface area contributed by atoms with E-state index < -0.39 is 0 Å². The lowest BCUT2D eigenvalue weighted by molar-refractivity contribution is 0.450. The summed E-state index contributed by atoms with van der Waals surface area (Å²) in [7, 11) is 0. The second-order valence-corrected chi connectivity index (χ2v) is 5.70. The molecule has 0 aromatic carbocycles. The highest BCUT2D eigenvalue weighted by Gasteiger charge is 2.15. The van der Waals surface area contributed by atoms with Gasteiger partial charge in [0.15, 0.2) is 0 Å². The summed E-state index contributed by atoms with van der Waals surface area (Å²) >= 11 is 5.02. The van der Waals surface area contributed by atoms with Crippen molar-refractivity contribution in [1.82, 2.24) is 15.0 Å². The molecule has 4 nitrogen and oxygen atoms in total. The summed E-state index contributed by atoms with van der Waals surface area (Å²) in [5, 5.41) is 8.25. The van der Waals surface area contributed by atoms with Crippen molar-refractivity contribution in [2.24, 2.45) is 17.6 Å². The van der Waals surface area contributed by atoms with Crippen LogP contribution in [0.1, 0.15) is 45.5 Å². The molecule has 5 heteroatoms. The molecule has 2 N–H and O–H groups in total. The van der Waals surface area contributed by atoms with Gasteiger partial charge in [0.05, 0.1) is 5.69 Å². The normalized spacial score (nSPS) is 11.4. The molecule has 0 fully saturated rings. The lowest BCUT2D eigenvalue weighted by Gasteiger charge is -2.11. The molecule has 0 aliphatic carbocycles. The Labute approximate surface area is 109 Å². The fourth-order valence-corrected chi connectivity index (χ4v) is 1.85. The minimum absolute atomic E-state index is 0.346. The van der Waals surface area contributed by atoms with Gasteiger partial charge in [0.2, 0.25) is 0 Å². The van der Waals surface area contributed by atoms with Crippen LogP contribution in [0.2, 0.25) is 0 Å². The molecule has 1 heterocycles. The van der Waals surface area contributed by atoms with Crippen LogP contribution in [-0.4, -0.2) is 20.0 Å². The van der Waals surface area contributed by atoms with Crippen LogP contribution >= 0.6 is 12.2 Å². The van der Waals surface area contributed by atoms with Crippen molar-refractivity contribution in [3.8, 4) is 0 Å². The maximum atomic E-state index is 5.68. The SMILES string of the molecule is CC(C)CCc1c(C(N)=S)nnn1CC(C)C. The zero-order valence-electron chi connectivity index (χ0n) is 11.1. The first kappa shape index (κ1) is 14.1. The molecule has 0 saturated heterocycles. The second kappa shape index (κ2) is 6.10. The van der Waals surface area contributed by atoms with E-state index in [2.05, 4.69) is 38.0 Å². The Morgan fingerprint density at radius 3 is 2.41 bits per heavy atom. The summed E-state index contributed by atoms with van der Waals surface area (Å²) < 4.78 is 1.95. The van der Waals surface area contributed by atoms with Crippen molar-refractivity contribution in [3.63, 3.8) is 0 Å². The van der Waals surface area contributed by atoms with Gasteiger partial charge >= 0.3 is 0 Å². The van der Waals surface area contributed by atoms with Crippen LogP contribution in [0.4, 0.5) is 0 Å². The predicted octanol–water partition coefficient (Wildman–Crippen LogP) is 2.16. The van der Waals surface area contributed by atoms with Gasteiger partial charge in [-0.2, -0.15) is 0 Å². The molecule has 0 aliphatic rings. The lowest BCUT2D eigenvalue weighted by Crippen LogP contribution is -2.16. The van der Waals surface area contributed by atoms with Gasteiger partial charge in [-0.1, -0.05) is 45.1 Å². The monoisotopic (exact) mass is 254 g/mol. The van der Waals surface area contributed by atoms with E-state index in [1.165, 1.54) is 0 Å².